The summed E-state index contributed by atoms with van der Waals surface area (Å²) in [7, 11) is 0. The van der Waals surface area contributed by atoms with Crippen LogP contribution in [0.3, 0.4) is 0 Å². The Labute approximate surface area is 126 Å². The Morgan fingerprint density at radius 3 is 2.28 bits per heavy atom. The Balaban J connectivity index is 2.47. The van der Waals surface area contributed by atoms with E-state index in [-0.39, 0.29) is 0 Å². The van der Waals surface area contributed by atoms with Gasteiger partial charge < -0.3 is 5.11 Å². The molecule has 0 heterocycles. The molecule has 0 aliphatic carbocycles. The Morgan fingerprint density at radius 1 is 1.06 bits per heavy atom. The van der Waals surface area contributed by atoms with Crippen molar-refractivity contribution < 1.29 is 5.11 Å². The molecule has 0 spiro atoms. The van der Waals surface area contributed by atoms with E-state index in [1.807, 2.05) is 44.2 Å². The maximum Gasteiger partial charge on any atom is 0.105 e. The first-order valence-corrected chi connectivity index (χ1v) is 7.14. The predicted octanol–water partition coefficient (Wildman–Crippen LogP) is 4.64. The van der Waals surface area contributed by atoms with E-state index < -0.39 is 6.10 Å². The molecule has 0 aliphatic heterocycles. The third kappa shape index (κ3) is 3.05. The summed E-state index contributed by atoms with van der Waals surface area (Å²) in [4.78, 5) is 0. The molecule has 0 bridgehead atoms. The highest BCUT2D eigenvalue weighted by Gasteiger charge is 2.14. The average molecular weight is 373 g/mol. The fraction of sp³-hybridized carbons (Fsp3) is 0.200. The molecule has 3 heteroatoms. The number of hydrogen-bond donors (Lipinski definition) is 1. The third-order valence-electron chi connectivity index (χ3n) is 2.81. The van der Waals surface area contributed by atoms with Crippen molar-refractivity contribution in [1.82, 2.24) is 0 Å². The van der Waals surface area contributed by atoms with Crippen molar-refractivity contribution in [1.29, 1.82) is 0 Å². The normalized spacial score (nSPS) is 12.5. The number of aryl methyl sites for hydroxylation is 2. The highest BCUT2D eigenvalue weighted by Crippen LogP contribution is 2.29. The van der Waals surface area contributed by atoms with Crippen LogP contribution in [0.4, 0.5) is 0 Å². The smallest absolute Gasteiger partial charge is 0.105 e. The number of benzene rings is 2. The van der Waals surface area contributed by atoms with E-state index in [1.165, 1.54) is 0 Å². The van der Waals surface area contributed by atoms with E-state index in [0.29, 0.717) is 5.02 Å². The van der Waals surface area contributed by atoms with E-state index in [2.05, 4.69) is 28.7 Å². The second-order valence-corrected chi connectivity index (χ2v) is 6.09. The Hall–Kier alpha value is -0.580. The first kappa shape index (κ1) is 13.8. The molecule has 0 radical (unpaired) electrons. The van der Waals surface area contributed by atoms with Gasteiger partial charge in [0, 0.05) is 8.59 Å². The fourth-order valence-corrected chi connectivity index (χ4v) is 2.88. The van der Waals surface area contributed by atoms with Crippen LogP contribution in [0.5, 0.6) is 0 Å². The van der Waals surface area contributed by atoms with Gasteiger partial charge in [-0.3, -0.25) is 0 Å². The van der Waals surface area contributed by atoms with Gasteiger partial charge in [0.15, 0.2) is 0 Å². The second-order valence-electron chi connectivity index (χ2n) is 4.49. The van der Waals surface area contributed by atoms with Crippen molar-refractivity contribution in [3.63, 3.8) is 0 Å². The van der Waals surface area contributed by atoms with Crippen molar-refractivity contribution in [3.05, 3.63) is 67.2 Å². The van der Waals surface area contributed by atoms with Gasteiger partial charge in [0.2, 0.25) is 0 Å². The lowest BCUT2D eigenvalue weighted by molar-refractivity contribution is 0.219. The lowest BCUT2D eigenvalue weighted by Gasteiger charge is -2.15. The number of aliphatic hydroxyl groups is 1. The standard InChI is InChI=1S/C15H14ClIO/c1-9-5-10(2)7-11(6-9)15(18)13-8-12(16)3-4-14(13)17/h3-8,15,18H,1-2H3. The molecular weight excluding hydrogens is 359 g/mol. The summed E-state index contributed by atoms with van der Waals surface area (Å²) in [6.07, 6.45) is -0.630. The number of hydrogen-bond acceptors (Lipinski definition) is 1. The summed E-state index contributed by atoms with van der Waals surface area (Å²) < 4.78 is 1.02. The molecule has 2 aromatic rings. The van der Waals surface area contributed by atoms with Gasteiger partial charge in [0.1, 0.15) is 6.10 Å². The molecule has 0 saturated carbocycles. The predicted molar refractivity (Wildman–Crippen MR) is 84.1 cm³/mol. The third-order valence-corrected chi connectivity index (χ3v) is 4.03. The van der Waals surface area contributed by atoms with Crippen LogP contribution in [0.1, 0.15) is 28.4 Å². The topological polar surface area (TPSA) is 20.2 Å². The van der Waals surface area contributed by atoms with E-state index in [9.17, 15) is 5.11 Å². The van der Waals surface area contributed by atoms with Gasteiger partial charge in [-0.1, -0.05) is 40.9 Å². The first-order chi connectivity index (χ1) is 8.47. The zero-order valence-corrected chi connectivity index (χ0v) is 13.2. The maximum atomic E-state index is 10.5. The lowest BCUT2D eigenvalue weighted by atomic mass is 9.98. The second kappa shape index (κ2) is 5.59. The van der Waals surface area contributed by atoms with Crippen LogP contribution >= 0.6 is 34.2 Å². The molecule has 1 N–H and O–H groups in total. The quantitative estimate of drug-likeness (QED) is 0.761. The zero-order valence-electron chi connectivity index (χ0n) is 10.2. The summed E-state index contributed by atoms with van der Waals surface area (Å²) in [5.41, 5.74) is 4.07. The number of aliphatic hydroxyl groups excluding tert-OH is 1. The van der Waals surface area contributed by atoms with Gasteiger partial charge in [0.25, 0.3) is 0 Å². The van der Waals surface area contributed by atoms with Crippen molar-refractivity contribution >= 4 is 34.2 Å². The molecular formula is C15H14ClIO. The van der Waals surface area contributed by atoms with Gasteiger partial charge in [0.05, 0.1) is 0 Å². The SMILES string of the molecule is Cc1cc(C)cc(C(O)c2cc(Cl)ccc2I)c1. The van der Waals surface area contributed by atoms with Crippen LogP contribution in [0.15, 0.2) is 36.4 Å². The van der Waals surface area contributed by atoms with Crippen LogP contribution in [0.2, 0.25) is 5.02 Å². The molecule has 2 rings (SSSR count). The van der Waals surface area contributed by atoms with Crippen molar-refractivity contribution in [2.24, 2.45) is 0 Å². The zero-order chi connectivity index (χ0) is 13.3. The van der Waals surface area contributed by atoms with E-state index >= 15 is 0 Å². The Morgan fingerprint density at radius 2 is 1.67 bits per heavy atom. The van der Waals surface area contributed by atoms with E-state index in [4.69, 9.17) is 11.6 Å². The minimum atomic E-state index is -0.630. The molecule has 0 saturated heterocycles. The van der Waals surface area contributed by atoms with Crippen LogP contribution in [0, 0.1) is 17.4 Å². The van der Waals surface area contributed by atoms with Crippen molar-refractivity contribution in [2.45, 2.75) is 20.0 Å². The summed E-state index contributed by atoms with van der Waals surface area (Å²) >= 11 is 8.21. The minimum Gasteiger partial charge on any atom is -0.384 e. The lowest BCUT2D eigenvalue weighted by Crippen LogP contribution is -2.03. The van der Waals surface area contributed by atoms with Gasteiger partial charge in [-0.05, 0) is 65.8 Å². The summed E-state index contributed by atoms with van der Waals surface area (Å²) in [6.45, 7) is 4.07. The van der Waals surface area contributed by atoms with Crippen molar-refractivity contribution in [2.75, 3.05) is 0 Å². The molecule has 0 fully saturated rings. The fourth-order valence-electron chi connectivity index (χ4n) is 2.07. The Bertz CT molecular complexity index is 560. The van der Waals surface area contributed by atoms with Gasteiger partial charge in [-0.25, -0.2) is 0 Å². The minimum absolute atomic E-state index is 0.630. The number of halogens is 2. The van der Waals surface area contributed by atoms with Gasteiger partial charge in [-0.2, -0.15) is 0 Å². The highest BCUT2D eigenvalue weighted by molar-refractivity contribution is 14.1. The summed E-state index contributed by atoms with van der Waals surface area (Å²) in [5, 5.41) is 11.1. The average Bonchev–Trinajstić information content (AvgIpc) is 2.30. The molecule has 1 nitrogen and oxygen atoms in total. The highest BCUT2D eigenvalue weighted by atomic mass is 127. The maximum absolute atomic E-state index is 10.5. The molecule has 94 valence electrons. The monoisotopic (exact) mass is 372 g/mol. The largest absolute Gasteiger partial charge is 0.384 e. The van der Waals surface area contributed by atoms with Crippen molar-refractivity contribution in [3.8, 4) is 0 Å². The number of rotatable bonds is 2. The molecule has 2 aromatic carbocycles. The molecule has 0 aromatic heterocycles. The molecule has 0 amide bonds. The molecule has 0 aliphatic rings. The van der Waals surface area contributed by atoms with Crippen LogP contribution in [0.25, 0.3) is 0 Å². The summed E-state index contributed by atoms with van der Waals surface area (Å²) in [5.74, 6) is 0. The molecule has 1 atom stereocenters. The van der Waals surface area contributed by atoms with Gasteiger partial charge >= 0.3 is 0 Å². The first-order valence-electron chi connectivity index (χ1n) is 5.68. The van der Waals surface area contributed by atoms with E-state index in [0.717, 1.165) is 25.8 Å². The summed E-state index contributed by atoms with van der Waals surface area (Å²) in [6, 6.07) is 11.7. The van der Waals surface area contributed by atoms with Crippen LogP contribution in [-0.2, 0) is 0 Å². The van der Waals surface area contributed by atoms with Gasteiger partial charge in [-0.15, -0.1) is 0 Å². The molecule has 1 unspecified atom stereocenters. The Kier molecular flexibility index (Phi) is 4.30. The molecule has 18 heavy (non-hydrogen) atoms. The van der Waals surface area contributed by atoms with Crippen LogP contribution < -0.4 is 0 Å². The van der Waals surface area contributed by atoms with Crippen LogP contribution in [-0.4, -0.2) is 5.11 Å². The van der Waals surface area contributed by atoms with E-state index in [1.54, 1.807) is 0 Å².